The summed E-state index contributed by atoms with van der Waals surface area (Å²) in [7, 11) is -3.49. The van der Waals surface area contributed by atoms with E-state index >= 15 is 0 Å². The summed E-state index contributed by atoms with van der Waals surface area (Å²) >= 11 is 7.44. The van der Waals surface area contributed by atoms with E-state index in [0.717, 1.165) is 34.7 Å². The molecule has 0 radical (unpaired) electrons. The average Bonchev–Trinajstić information content (AvgIpc) is 3.43. The Morgan fingerprint density at radius 2 is 1.84 bits per heavy atom. The number of aromatic nitrogens is 1. The first-order valence-corrected chi connectivity index (χ1v) is 16.5. The summed E-state index contributed by atoms with van der Waals surface area (Å²) < 4.78 is 30.8. The number of carbonyl (C=O) groups excluding carboxylic acids is 1. The van der Waals surface area contributed by atoms with Crippen LogP contribution in [0.15, 0.2) is 77.0 Å². The number of nitrogens with one attached hydrogen (secondary N) is 1. The molecule has 224 valence electrons. The van der Waals surface area contributed by atoms with Gasteiger partial charge in [0.15, 0.2) is 16.4 Å². The minimum atomic E-state index is -3.49. The smallest absolute Gasteiger partial charge is 0.341 e. The van der Waals surface area contributed by atoms with Crippen molar-refractivity contribution < 1.29 is 27.9 Å². The van der Waals surface area contributed by atoms with Crippen molar-refractivity contribution in [1.29, 1.82) is 0 Å². The second-order valence-electron chi connectivity index (χ2n) is 9.73. The lowest BCUT2D eigenvalue weighted by molar-refractivity contribution is -0.139. The summed E-state index contributed by atoms with van der Waals surface area (Å²) in [5, 5.41) is 15.3. The van der Waals surface area contributed by atoms with E-state index in [2.05, 4.69) is 17.2 Å². The minimum Gasteiger partial charge on any atom is -0.480 e. The molecule has 1 heterocycles. The van der Waals surface area contributed by atoms with Gasteiger partial charge in [-0.15, -0.1) is 11.3 Å². The predicted molar refractivity (Wildman–Crippen MR) is 171 cm³/mol. The van der Waals surface area contributed by atoms with Crippen molar-refractivity contribution in [3.63, 3.8) is 0 Å². The van der Waals surface area contributed by atoms with E-state index in [1.807, 2.05) is 23.6 Å². The van der Waals surface area contributed by atoms with Crippen molar-refractivity contribution in [2.45, 2.75) is 37.5 Å². The maximum absolute atomic E-state index is 13.2. The molecule has 43 heavy (non-hydrogen) atoms. The van der Waals surface area contributed by atoms with Crippen LogP contribution in [0, 0.1) is 0 Å². The third-order valence-corrected chi connectivity index (χ3v) is 9.26. The third kappa shape index (κ3) is 9.51. The highest BCUT2D eigenvalue weighted by atomic mass is 35.5. The van der Waals surface area contributed by atoms with E-state index in [9.17, 15) is 18.0 Å². The summed E-state index contributed by atoms with van der Waals surface area (Å²) in [6.45, 7) is 1.53. The zero-order valence-corrected chi connectivity index (χ0v) is 25.8. The number of ether oxygens (including phenoxy) is 1. The fourth-order valence-electron chi connectivity index (χ4n) is 4.24. The average molecular weight is 639 g/mol. The first-order chi connectivity index (χ1) is 20.6. The van der Waals surface area contributed by atoms with Gasteiger partial charge in [0, 0.05) is 16.0 Å². The van der Waals surface area contributed by atoms with Crippen LogP contribution in [0.5, 0.6) is 5.75 Å². The van der Waals surface area contributed by atoms with Crippen LogP contribution in [-0.2, 0) is 27.5 Å². The number of rotatable bonds is 14. The molecule has 0 spiro atoms. The Labute approximate surface area is 259 Å². The Kier molecular flexibility index (Phi) is 11.1. The second-order valence-corrected chi connectivity index (χ2v) is 13.2. The van der Waals surface area contributed by atoms with E-state index in [1.165, 1.54) is 24.3 Å². The Morgan fingerprint density at radius 1 is 1.05 bits per heavy atom. The number of hydrogen-bond acceptors (Lipinski definition) is 7. The summed E-state index contributed by atoms with van der Waals surface area (Å²) in [6, 6.07) is 18.1. The number of halogens is 1. The van der Waals surface area contributed by atoms with Crippen molar-refractivity contribution in [1.82, 2.24) is 4.98 Å². The maximum atomic E-state index is 13.2. The molecule has 0 fully saturated rings. The first-order valence-electron chi connectivity index (χ1n) is 13.6. The number of aliphatic carboxylic acids is 1. The third-order valence-electron chi connectivity index (χ3n) is 6.34. The van der Waals surface area contributed by atoms with Crippen LogP contribution in [0.25, 0.3) is 12.2 Å². The van der Waals surface area contributed by atoms with Gasteiger partial charge in [0.05, 0.1) is 22.0 Å². The van der Waals surface area contributed by atoms with Crippen LogP contribution < -0.4 is 10.1 Å². The number of carboxylic acids is 1. The van der Waals surface area contributed by atoms with Gasteiger partial charge < -0.3 is 15.2 Å². The zero-order chi connectivity index (χ0) is 30.8. The van der Waals surface area contributed by atoms with Gasteiger partial charge in [-0.05, 0) is 85.0 Å². The molecule has 1 aromatic heterocycles. The van der Waals surface area contributed by atoms with Gasteiger partial charge >= 0.3 is 5.97 Å². The lowest BCUT2D eigenvalue weighted by Crippen LogP contribution is -2.15. The van der Waals surface area contributed by atoms with Crippen LogP contribution in [0.4, 0.5) is 5.69 Å². The number of amides is 1. The maximum Gasteiger partial charge on any atom is 0.341 e. The molecule has 0 atom stereocenters. The molecule has 0 unspecified atom stereocenters. The molecule has 0 aliphatic carbocycles. The highest BCUT2D eigenvalue weighted by molar-refractivity contribution is 7.91. The second kappa shape index (κ2) is 15.0. The molecule has 2 N–H and O–H groups in total. The lowest BCUT2D eigenvalue weighted by atomic mass is 10.1. The molecule has 8 nitrogen and oxygen atoms in total. The summed E-state index contributed by atoms with van der Waals surface area (Å²) in [5.74, 6) is -1.45. The number of carboxylic acid groups (broad SMARTS) is 1. The molecule has 0 bridgehead atoms. The summed E-state index contributed by atoms with van der Waals surface area (Å²) in [5.41, 5.74) is 3.32. The zero-order valence-electron chi connectivity index (χ0n) is 23.5. The molecule has 1 amide bonds. The monoisotopic (exact) mass is 638 g/mol. The normalized spacial score (nSPS) is 11.5. The highest BCUT2D eigenvalue weighted by Crippen LogP contribution is 2.28. The van der Waals surface area contributed by atoms with Crippen LogP contribution in [0.3, 0.4) is 0 Å². The number of aryl methyl sites for hydroxylation is 2. The molecule has 3 aromatic carbocycles. The number of thiazole rings is 1. The quantitative estimate of drug-likeness (QED) is 0.152. The predicted octanol–water partition coefficient (Wildman–Crippen LogP) is 7.04. The summed E-state index contributed by atoms with van der Waals surface area (Å²) in [6.07, 6.45) is 6.51. The molecular formula is C32H31ClN2O6S2. The van der Waals surface area contributed by atoms with Gasteiger partial charge in [-0.1, -0.05) is 49.2 Å². The van der Waals surface area contributed by atoms with Crippen molar-refractivity contribution in [2.75, 3.05) is 17.7 Å². The molecule has 0 saturated heterocycles. The number of hydrogen-bond donors (Lipinski definition) is 2. The Hall–Kier alpha value is -3.99. The number of anilines is 1. The first kappa shape index (κ1) is 31.9. The van der Waals surface area contributed by atoms with Crippen molar-refractivity contribution in [2.24, 2.45) is 0 Å². The van der Waals surface area contributed by atoms with Crippen LogP contribution in [-0.4, -0.2) is 42.7 Å². The Morgan fingerprint density at radius 3 is 2.58 bits per heavy atom. The number of nitrogens with zero attached hydrogens (tertiary/aromatic N) is 1. The fraction of sp³-hybridized carbons (Fsp3) is 0.219. The number of sulfone groups is 1. The van der Waals surface area contributed by atoms with Crippen LogP contribution >= 0.6 is 22.9 Å². The van der Waals surface area contributed by atoms with E-state index in [0.29, 0.717) is 23.4 Å². The van der Waals surface area contributed by atoms with Crippen molar-refractivity contribution in [3.05, 3.63) is 105 Å². The highest BCUT2D eigenvalue weighted by Gasteiger charge is 2.16. The summed E-state index contributed by atoms with van der Waals surface area (Å²) in [4.78, 5) is 29.1. The van der Waals surface area contributed by atoms with E-state index in [-0.39, 0.29) is 22.1 Å². The van der Waals surface area contributed by atoms with Crippen molar-refractivity contribution >= 4 is 62.5 Å². The molecule has 4 rings (SSSR count). The molecule has 11 heteroatoms. The number of benzene rings is 3. The Bertz CT molecular complexity index is 1720. The van der Waals surface area contributed by atoms with Crippen LogP contribution in [0.1, 0.15) is 52.0 Å². The molecule has 4 aromatic rings. The van der Waals surface area contributed by atoms with Gasteiger partial charge in [-0.2, -0.15) is 0 Å². The minimum absolute atomic E-state index is 0.0746. The van der Waals surface area contributed by atoms with Gasteiger partial charge in [-0.25, -0.2) is 18.2 Å². The Balaban J connectivity index is 1.46. The van der Waals surface area contributed by atoms with E-state index < -0.39 is 28.3 Å². The molecule has 0 saturated carbocycles. The SMILES string of the molecule is CCCc1csc(C=Cc2cccc(C(=O)Nc3cc(CCCS(=O)(=O)c4ccc(Cl)cc4)ccc3OCC(=O)O)c2)n1. The lowest BCUT2D eigenvalue weighted by Gasteiger charge is -2.14. The molecule has 0 aliphatic heterocycles. The van der Waals surface area contributed by atoms with Gasteiger partial charge in [0.1, 0.15) is 10.8 Å². The molecular weight excluding hydrogens is 608 g/mol. The van der Waals surface area contributed by atoms with E-state index in [1.54, 1.807) is 47.7 Å². The standard InChI is InChI=1S/C32H31ClN2O6S2/c1-2-5-26-21-42-30(34-26)16-10-22-6-3-8-24(18-22)32(38)35-28-19-23(9-15-29(28)41-20-31(36)37)7-4-17-43(39,40)27-13-11-25(33)12-14-27/h3,6,8-16,18-19,21H,2,4-5,7,17,20H2,1H3,(H,35,38)(H,36,37). The van der Waals surface area contributed by atoms with Crippen LogP contribution in [0.2, 0.25) is 5.02 Å². The fourth-order valence-corrected chi connectivity index (χ4v) is 6.42. The van der Waals surface area contributed by atoms with Crippen molar-refractivity contribution in [3.8, 4) is 5.75 Å². The van der Waals surface area contributed by atoms with Gasteiger partial charge in [-0.3, -0.25) is 4.79 Å². The van der Waals surface area contributed by atoms with E-state index in [4.69, 9.17) is 21.4 Å². The molecule has 0 aliphatic rings. The van der Waals surface area contributed by atoms with Gasteiger partial charge in [0.25, 0.3) is 5.91 Å². The number of carbonyl (C=O) groups is 2. The topological polar surface area (TPSA) is 123 Å². The largest absolute Gasteiger partial charge is 0.480 e. The van der Waals surface area contributed by atoms with Gasteiger partial charge in [0.2, 0.25) is 0 Å².